The zero-order valence-electron chi connectivity index (χ0n) is 8.35. The molecule has 0 bridgehead atoms. The molecule has 1 fully saturated rings. The number of hydrogen-bond acceptors (Lipinski definition) is 3. The average molecular weight is 205 g/mol. The minimum atomic E-state index is -0.424. The SMILES string of the molecule is NC(=O)C1[CH]CCN1C1=CC=CCC1=O. The Kier molecular flexibility index (Phi) is 2.58. The number of carbonyl (C=O) groups is 2. The molecule has 4 nitrogen and oxygen atoms in total. The van der Waals surface area contributed by atoms with Gasteiger partial charge in [0.05, 0.1) is 5.70 Å². The summed E-state index contributed by atoms with van der Waals surface area (Å²) in [5, 5.41) is 0. The van der Waals surface area contributed by atoms with E-state index in [1.165, 1.54) is 0 Å². The van der Waals surface area contributed by atoms with Crippen LogP contribution in [0, 0.1) is 6.42 Å². The fourth-order valence-electron chi connectivity index (χ4n) is 1.97. The number of hydrogen-bond donors (Lipinski definition) is 1. The molecule has 15 heavy (non-hydrogen) atoms. The third-order valence-electron chi connectivity index (χ3n) is 2.68. The van der Waals surface area contributed by atoms with Gasteiger partial charge < -0.3 is 10.6 Å². The first-order valence-corrected chi connectivity index (χ1v) is 4.99. The Balaban J connectivity index is 2.22. The number of rotatable bonds is 2. The third kappa shape index (κ3) is 1.79. The molecule has 1 atom stereocenters. The average Bonchev–Trinajstić information content (AvgIpc) is 2.67. The van der Waals surface area contributed by atoms with Gasteiger partial charge in [0.2, 0.25) is 5.91 Å². The summed E-state index contributed by atoms with van der Waals surface area (Å²) < 4.78 is 0. The Morgan fingerprint density at radius 1 is 1.53 bits per heavy atom. The van der Waals surface area contributed by atoms with Crippen molar-refractivity contribution >= 4 is 11.7 Å². The highest BCUT2D eigenvalue weighted by Gasteiger charge is 2.32. The number of nitrogens with zero attached hydrogens (tertiary/aromatic N) is 1. The molecular formula is C11H13N2O2. The molecule has 0 saturated carbocycles. The molecule has 0 aromatic heterocycles. The molecule has 1 radical (unpaired) electrons. The van der Waals surface area contributed by atoms with Crippen molar-refractivity contribution < 1.29 is 9.59 Å². The van der Waals surface area contributed by atoms with E-state index >= 15 is 0 Å². The third-order valence-corrected chi connectivity index (χ3v) is 2.68. The highest BCUT2D eigenvalue weighted by atomic mass is 16.1. The van der Waals surface area contributed by atoms with Crippen molar-refractivity contribution in [1.82, 2.24) is 4.90 Å². The molecule has 0 aromatic carbocycles. The Morgan fingerprint density at radius 3 is 3.00 bits per heavy atom. The number of amides is 1. The Morgan fingerprint density at radius 2 is 2.33 bits per heavy atom. The zero-order valence-corrected chi connectivity index (χ0v) is 8.35. The van der Waals surface area contributed by atoms with Crippen LogP contribution in [0.1, 0.15) is 12.8 Å². The first kappa shape index (κ1) is 9.96. The van der Waals surface area contributed by atoms with E-state index in [2.05, 4.69) is 0 Å². The smallest absolute Gasteiger partial charge is 0.240 e. The lowest BCUT2D eigenvalue weighted by Crippen LogP contribution is -2.41. The van der Waals surface area contributed by atoms with E-state index in [1.54, 1.807) is 11.0 Å². The summed E-state index contributed by atoms with van der Waals surface area (Å²) in [7, 11) is 0. The normalized spacial score (nSPS) is 25.6. The fourth-order valence-corrected chi connectivity index (χ4v) is 1.97. The second-order valence-electron chi connectivity index (χ2n) is 3.67. The highest BCUT2D eigenvalue weighted by molar-refractivity contribution is 5.98. The second kappa shape index (κ2) is 3.88. The molecule has 1 heterocycles. The minimum Gasteiger partial charge on any atom is -0.368 e. The number of Topliss-reactive ketones (excluding diaryl/α,β-unsaturated/α-hetero) is 1. The van der Waals surface area contributed by atoms with Crippen LogP contribution in [-0.2, 0) is 9.59 Å². The van der Waals surface area contributed by atoms with Gasteiger partial charge in [0, 0.05) is 13.0 Å². The topological polar surface area (TPSA) is 63.4 Å². The zero-order chi connectivity index (χ0) is 10.8. The molecule has 1 aliphatic carbocycles. The van der Waals surface area contributed by atoms with Crippen LogP contribution in [0.15, 0.2) is 23.9 Å². The lowest BCUT2D eigenvalue weighted by molar-refractivity contribution is -0.121. The van der Waals surface area contributed by atoms with Crippen LogP contribution in [0.2, 0.25) is 0 Å². The number of nitrogens with two attached hydrogens (primary N) is 1. The summed E-state index contributed by atoms with van der Waals surface area (Å²) in [4.78, 5) is 24.6. The van der Waals surface area contributed by atoms with Gasteiger partial charge in [-0.2, -0.15) is 0 Å². The summed E-state index contributed by atoms with van der Waals surface area (Å²) >= 11 is 0. The number of carbonyl (C=O) groups excluding carboxylic acids is 2. The van der Waals surface area contributed by atoms with Crippen molar-refractivity contribution in [2.24, 2.45) is 5.73 Å². The number of ketones is 1. The lowest BCUT2D eigenvalue weighted by Gasteiger charge is -2.26. The summed E-state index contributed by atoms with van der Waals surface area (Å²) in [6.07, 6.45) is 8.46. The minimum absolute atomic E-state index is 0.0547. The molecule has 79 valence electrons. The molecule has 2 aliphatic rings. The second-order valence-corrected chi connectivity index (χ2v) is 3.67. The molecule has 1 amide bonds. The van der Waals surface area contributed by atoms with Gasteiger partial charge in [0.25, 0.3) is 0 Å². The van der Waals surface area contributed by atoms with Crippen LogP contribution in [-0.4, -0.2) is 29.2 Å². The molecule has 0 aromatic rings. The van der Waals surface area contributed by atoms with Crippen molar-refractivity contribution in [1.29, 1.82) is 0 Å². The van der Waals surface area contributed by atoms with Crippen molar-refractivity contribution in [3.8, 4) is 0 Å². The van der Waals surface area contributed by atoms with E-state index in [9.17, 15) is 9.59 Å². The van der Waals surface area contributed by atoms with E-state index in [0.29, 0.717) is 18.7 Å². The highest BCUT2D eigenvalue weighted by Crippen LogP contribution is 2.24. The summed E-state index contributed by atoms with van der Waals surface area (Å²) in [6.45, 7) is 0.693. The van der Waals surface area contributed by atoms with Gasteiger partial charge in [-0.25, -0.2) is 0 Å². The monoisotopic (exact) mass is 205 g/mol. The predicted octanol–water partition coefficient (Wildman–Crippen LogP) is 0.163. The molecule has 0 spiro atoms. The van der Waals surface area contributed by atoms with Gasteiger partial charge in [0.15, 0.2) is 5.78 Å². The van der Waals surface area contributed by atoms with Crippen LogP contribution in [0.5, 0.6) is 0 Å². The van der Waals surface area contributed by atoms with Crippen LogP contribution >= 0.6 is 0 Å². The van der Waals surface area contributed by atoms with Crippen molar-refractivity contribution in [3.63, 3.8) is 0 Å². The largest absolute Gasteiger partial charge is 0.368 e. The van der Waals surface area contributed by atoms with Crippen molar-refractivity contribution in [2.75, 3.05) is 6.54 Å². The molecule has 1 unspecified atom stereocenters. The van der Waals surface area contributed by atoms with E-state index in [4.69, 9.17) is 5.73 Å². The lowest BCUT2D eigenvalue weighted by atomic mass is 10.1. The Hall–Kier alpha value is -1.58. The van der Waals surface area contributed by atoms with Gasteiger partial charge in [-0.1, -0.05) is 12.2 Å². The van der Waals surface area contributed by atoms with E-state index in [0.717, 1.165) is 6.42 Å². The van der Waals surface area contributed by atoms with Gasteiger partial charge in [0.1, 0.15) is 6.04 Å². The summed E-state index contributed by atoms with van der Waals surface area (Å²) in [5.41, 5.74) is 5.88. The van der Waals surface area contributed by atoms with Crippen molar-refractivity contribution in [3.05, 3.63) is 30.3 Å². The van der Waals surface area contributed by atoms with Crippen LogP contribution in [0.25, 0.3) is 0 Å². The summed E-state index contributed by atoms with van der Waals surface area (Å²) in [6, 6.07) is -0.424. The molecular weight excluding hydrogens is 192 g/mol. The van der Waals surface area contributed by atoms with Gasteiger partial charge in [-0.15, -0.1) is 0 Å². The van der Waals surface area contributed by atoms with Gasteiger partial charge in [-0.05, 0) is 18.9 Å². The maximum atomic E-state index is 11.6. The van der Waals surface area contributed by atoms with E-state index in [1.807, 2.05) is 18.6 Å². The predicted molar refractivity (Wildman–Crippen MR) is 55.5 cm³/mol. The fraction of sp³-hybridized carbons (Fsp3) is 0.364. The van der Waals surface area contributed by atoms with E-state index in [-0.39, 0.29) is 5.78 Å². The maximum Gasteiger partial charge on any atom is 0.240 e. The van der Waals surface area contributed by atoms with Gasteiger partial charge >= 0.3 is 0 Å². The number of allylic oxidation sites excluding steroid dienone is 4. The van der Waals surface area contributed by atoms with Crippen LogP contribution < -0.4 is 5.73 Å². The van der Waals surface area contributed by atoms with Crippen LogP contribution in [0.4, 0.5) is 0 Å². The molecule has 4 heteroatoms. The van der Waals surface area contributed by atoms with E-state index < -0.39 is 11.9 Å². The molecule has 1 saturated heterocycles. The van der Waals surface area contributed by atoms with Crippen molar-refractivity contribution in [2.45, 2.75) is 18.9 Å². The maximum absolute atomic E-state index is 11.6. The first-order chi connectivity index (χ1) is 7.20. The summed E-state index contributed by atoms with van der Waals surface area (Å²) in [5.74, 6) is -0.338. The first-order valence-electron chi connectivity index (χ1n) is 4.99. The molecule has 2 N–H and O–H groups in total. The Bertz CT molecular complexity index is 358. The molecule has 1 aliphatic heterocycles. The molecule has 2 rings (SSSR count). The standard InChI is InChI=1S/C11H13N2O2/c12-11(15)9-5-3-7-13(9)8-4-1-2-6-10(8)14/h1-2,4-5,9H,3,6-7H2,(H2,12,15). The van der Waals surface area contributed by atoms with Gasteiger partial charge in [-0.3, -0.25) is 9.59 Å². The van der Waals surface area contributed by atoms with Crippen LogP contribution in [0.3, 0.4) is 0 Å². The quantitative estimate of drug-likeness (QED) is 0.698. The Labute approximate surface area is 88.4 Å². The number of likely N-dealkylation sites (tertiary alicyclic amines) is 1. The number of primary amides is 1.